The largest absolute Gasteiger partial charge is 0.325 e. The van der Waals surface area contributed by atoms with Gasteiger partial charge in [-0.15, -0.1) is 0 Å². The fourth-order valence-electron chi connectivity index (χ4n) is 2.08. The molecule has 4 nitrogen and oxygen atoms in total. The summed E-state index contributed by atoms with van der Waals surface area (Å²) in [5, 5.41) is 14.3. The first-order valence-corrected chi connectivity index (χ1v) is 6.98. The topological polar surface area (TPSA) is 64.9 Å². The number of hydrogen-bond donors (Lipinski definition) is 2. The van der Waals surface area contributed by atoms with Gasteiger partial charge in [0.25, 0.3) is 0 Å². The lowest BCUT2D eigenvalue weighted by Gasteiger charge is -2.15. The van der Waals surface area contributed by atoms with E-state index in [0.29, 0.717) is 11.3 Å². The number of carbonyl (C=O) groups excluding carboxylic acids is 1. The maximum absolute atomic E-state index is 13.6. The zero-order chi connectivity index (χ0) is 16.8. The molecule has 0 aliphatic rings. The Kier molecular flexibility index (Phi) is 5.39. The smallest absolute Gasteiger partial charge is 0.238 e. The van der Waals surface area contributed by atoms with Gasteiger partial charge in [-0.1, -0.05) is 12.1 Å². The first-order valence-electron chi connectivity index (χ1n) is 6.98. The summed E-state index contributed by atoms with van der Waals surface area (Å²) in [6.07, 6.45) is 0. The van der Waals surface area contributed by atoms with Gasteiger partial charge in [0.05, 0.1) is 18.2 Å². The highest BCUT2D eigenvalue weighted by Gasteiger charge is 2.13. The van der Waals surface area contributed by atoms with Crippen molar-refractivity contribution in [1.29, 1.82) is 5.26 Å². The molecule has 0 aliphatic carbocycles. The molecule has 0 aromatic heterocycles. The number of nitrogens with one attached hydrogen (secondary N) is 2. The first kappa shape index (κ1) is 16.6. The van der Waals surface area contributed by atoms with Gasteiger partial charge in [-0.3, -0.25) is 4.79 Å². The zero-order valence-electron chi connectivity index (χ0n) is 12.4. The third-order valence-corrected chi connectivity index (χ3v) is 3.27. The van der Waals surface area contributed by atoms with Crippen molar-refractivity contribution in [1.82, 2.24) is 5.32 Å². The molecule has 2 aromatic carbocycles. The lowest BCUT2D eigenvalue weighted by Crippen LogP contribution is -2.30. The van der Waals surface area contributed by atoms with Gasteiger partial charge in [-0.25, -0.2) is 8.78 Å². The van der Waals surface area contributed by atoms with Crippen molar-refractivity contribution in [2.45, 2.75) is 13.0 Å². The average Bonchev–Trinajstić information content (AvgIpc) is 2.53. The van der Waals surface area contributed by atoms with Crippen LogP contribution in [0.4, 0.5) is 14.5 Å². The van der Waals surface area contributed by atoms with Crippen LogP contribution in [0.15, 0.2) is 42.5 Å². The fraction of sp³-hybridized carbons (Fsp3) is 0.176. The Labute approximate surface area is 132 Å². The monoisotopic (exact) mass is 315 g/mol. The number of carbonyl (C=O) groups is 1. The summed E-state index contributed by atoms with van der Waals surface area (Å²) < 4.78 is 26.5. The maximum Gasteiger partial charge on any atom is 0.238 e. The quantitative estimate of drug-likeness (QED) is 0.891. The molecule has 1 atom stereocenters. The Morgan fingerprint density at radius 3 is 2.74 bits per heavy atom. The van der Waals surface area contributed by atoms with Crippen LogP contribution < -0.4 is 10.6 Å². The molecule has 0 saturated heterocycles. The second-order valence-electron chi connectivity index (χ2n) is 5.01. The Hall–Kier alpha value is -2.78. The van der Waals surface area contributed by atoms with Gasteiger partial charge in [0.1, 0.15) is 11.6 Å². The van der Waals surface area contributed by atoms with Crippen molar-refractivity contribution < 1.29 is 13.6 Å². The molecular formula is C17H15F2N3O. The van der Waals surface area contributed by atoms with E-state index in [1.54, 1.807) is 31.2 Å². The number of amides is 1. The van der Waals surface area contributed by atoms with Gasteiger partial charge < -0.3 is 10.6 Å². The zero-order valence-corrected chi connectivity index (χ0v) is 12.4. The average molecular weight is 315 g/mol. The van der Waals surface area contributed by atoms with Crippen LogP contribution in [-0.2, 0) is 4.79 Å². The molecule has 0 saturated carbocycles. The Balaban J connectivity index is 1.92. The lowest BCUT2D eigenvalue weighted by atomic mass is 10.1. The van der Waals surface area contributed by atoms with E-state index in [1.807, 2.05) is 6.07 Å². The summed E-state index contributed by atoms with van der Waals surface area (Å²) in [6.45, 7) is 1.63. The molecular weight excluding hydrogens is 300 g/mol. The van der Waals surface area contributed by atoms with E-state index in [0.717, 1.165) is 6.07 Å². The van der Waals surface area contributed by atoms with Crippen LogP contribution in [0.3, 0.4) is 0 Å². The maximum atomic E-state index is 13.6. The van der Waals surface area contributed by atoms with Crippen LogP contribution in [0, 0.1) is 23.0 Å². The first-order chi connectivity index (χ1) is 11.0. The van der Waals surface area contributed by atoms with Gasteiger partial charge in [0.2, 0.25) is 5.91 Å². The fourth-order valence-corrected chi connectivity index (χ4v) is 2.08. The molecule has 23 heavy (non-hydrogen) atoms. The Bertz CT molecular complexity index is 756. The number of rotatable bonds is 5. The van der Waals surface area contributed by atoms with Crippen LogP contribution in [0.25, 0.3) is 0 Å². The highest BCUT2D eigenvalue weighted by molar-refractivity contribution is 5.92. The summed E-state index contributed by atoms with van der Waals surface area (Å²) in [5.41, 5.74) is 1.24. The molecule has 2 N–H and O–H groups in total. The van der Waals surface area contributed by atoms with E-state index in [-0.39, 0.29) is 18.0 Å². The lowest BCUT2D eigenvalue weighted by molar-refractivity contribution is -0.115. The standard InChI is InChI=1S/C17H15F2N3O/c1-11(15-6-5-13(18)8-16(15)19)21-10-17(23)22-14-4-2-3-12(7-14)9-20/h2-8,11,21H,10H2,1H3,(H,22,23)/t11-/m0/s1. The molecule has 2 aromatic rings. The predicted molar refractivity (Wildman–Crippen MR) is 82.6 cm³/mol. The van der Waals surface area contributed by atoms with E-state index in [2.05, 4.69) is 10.6 Å². The highest BCUT2D eigenvalue weighted by Crippen LogP contribution is 2.17. The van der Waals surface area contributed by atoms with Crippen molar-refractivity contribution in [3.05, 3.63) is 65.2 Å². The second-order valence-corrected chi connectivity index (χ2v) is 5.01. The van der Waals surface area contributed by atoms with Gasteiger partial charge in [0.15, 0.2) is 0 Å². The number of benzene rings is 2. The summed E-state index contributed by atoms with van der Waals surface area (Å²) in [5.74, 6) is -1.63. The highest BCUT2D eigenvalue weighted by atomic mass is 19.1. The minimum absolute atomic E-state index is 0.0469. The van der Waals surface area contributed by atoms with E-state index in [9.17, 15) is 13.6 Å². The van der Waals surface area contributed by atoms with Crippen molar-refractivity contribution in [2.24, 2.45) is 0 Å². The van der Waals surface area contributed by atoms with E-state index >= 15 is 0 Å². The van der Waals surface area contributed by atoms with Gasteiger partial charge in [-0.05, 0) is 31.2 Å². The molecule has 118 valence electrons. The normalized spacial score (nSPS) is 11.6. The summed E-state index contributed by atoms with van der Waals surface area (Å²) in [4.78, 5) is 11.9. The number of nitrogens with zero attached hydrogens (tertiary/aromatic N) is 1. The van der Waals surface area contributed by atoms with Crippen LogP contribution in [-0.4, -0.2) is 12.5 Å². The molecule has 0 aliphatic heterocycles. The summed E-state index contributed by atoms with van der Waals surface area (Å²) >= 11 is 0. The third-order valence-electron chi connectivity index (χ3n) is 3.27. The van der Waals surface area contributed by atoms with Crippen molar-refractivity contribution in [2.75, 3.05) is 11.9 Å². The third kappa shape index (κ3) is 4.59. The molecule has 6 heteroatoms. The summed E-state index contributed by atoms with van der Waals surface area (Å²) in [6, 6.07) is 11.4. The molecule has 1 amide bonds. The van der Waals surface area contributed by atoms with Gasteiger partial charge in [-0.2, -0.15) is 5.26 Å². The number of nitriles is 1. The van der Waals surface area contributed by atoms with E-state index < -0.39 is 17.7 Å². The molecule has 0 spiro atoms. The molecule has 2 rings (SSSR count). The van der Waals surface area contributed by atoms with E-state index in [4.69, 9.17) is 5.26 Å². The number of hydrogen-bond acceptors (Lipinski definition) is 3. The Morgan fingerprint density at radius 1 is 1.26 bits per heavy atom. The molecule has 0 heterocycles. The molecule has 0 fully saturated rings. The predicted octanol–water partition coefficient (Wildman–Crippen LogP) is 3.13. The minimum Gasteiger partial charge on any atom is -0.325 e. The van der Waals surface area contributed by atoms with Crippen LogP contribution >= 0.6 is 0 Å². The Morgan fingerprint density at radius 2 is 2.04 bits per heavy atom. The van der Waals surface area contributed by atoms with Crippen molar-refractivity contribution in [3.63, 3.8) is 0 Å². The van der Waals surface area contributed by atoms with Crippen molar-refractivity contribution >= 4 is 11.6 Å². The number of anilines is 1. The summed E-state index contributed by atoms with van der Waals surface area (Å²) in [7, 11) is 0. The molecule has 0 radical (unpaired) electrons. The minimum atomic E-state index is -0.660. The van der Waals surface area contributed by atoms with Crippen LogP contribution in [0.1, 0.15) is 24.1 Å². The second kappa shape index (κ2) is 7.47. The molecule has 0 bridgehead atoms. The molecule has 0 unspecified atom stereocenters. The van der Waals surface area contributed by atoms with Crippen LogP contribution in [0.2, 0.25) is 0 Å². The van der Waals surface area contributed by atoms with Crippen molar-refractivity contribution in [3.8, 4) is 6.07 Å². The SMILES string of the molecule is C[C@H](NCC(=O)Nc1cccc(C#N)c1)c1ccc(F)cc1F. The van der Waals surface area contributed by atoms with E-state index in [1.165, 1.54) is 12.1 Å². The number of halogens is 2. The van der Waals surface area contributed by atoms with Gasteiger partial charge >= 0.3 is 0 Å². The van der Waals surface area contributed by atoms with Crippen LogP contribution in [0.5, 0.6) is 0 Å². The van der Waals surface area contributed by atoms with Gasteiger partial charge in [0, 0.05) is 23.4 Å².